The molecule has 0 radical (unpaired) electrons. The van der Waals surface area contributed by atoms with E-state index in [1.54, 1.807) is 0 Å². The van der Waals surface area contributed by atoms with Gasteiger partial charge in [-0.1, -0.05) is 5.11 Å². The molecule has 2 rings (SSSR count). The fourth-order valence-corrected chi connectivity index (χ4v) is 1.99. The number of hydrogen-bond acceptors (Lipinski definition) is 4. The second-order valence-corrected chi connectivity index (χ2v) is 4.06. The van der Waals surface area contributed by atoms with Gasteiger partial charge >= 0.3 is 6.18 Å². The van der Waals surface area contributed by atoms with E-state index in [0.29, 0.717) is 0 Å². The van der Waals surface area contributed by atoms with Gasteiger partial charge in [0.05, 0.1) is 18.2 Å². The van der Waals surface area contributed by atoms with Crippen molar-refractivity contribution in [1.82, 2.24) is 4.98 Å². The normalized spacial score (nSPS) is 14.7. The lowest BCUT2D eigenvalue weighted by molar-refractivity contribution is -0.181. The molecule has 0 saturated carbocycles. The maximum Gasteiger partial charge on any atom is 0.411 e. The van der Waals surface area contributed by atoms with Crippen molar-refractivity contribution in [2.75, 3.05) is 0 Å². The van der Waals surface area contributed by atoms with E-state index in [-0.39, 0.29) is 17.1 Å². The molecule has 0 amide bonds. The molecule has 106 valence electrons. The molecule has 0 saturated heterocycles. The third-order valence-electron chi connectivity index (χ3n) is 2.78. The van der Waals surface area contributed by atoms with Gasteiger partial charge in [-0.2, -0.15) is 13.2 Å². The summed E-state index contributed by atoms with van der Waals surface area (Å²) in [5.74, 6) is -0.524. The molecule has 0 aliphatic carbocycles. The molecule has 0 aromatic carbocycles. The van der Waals surface area contributed by atoms with Gasteiger partial charge in [0.2, 0.25) is 5.54 Å². The summed E-state index contributed by atoms with van der Waals surface area (Å²) >= 11 is 0. The van der Waals surface area contributed by atoms with Crippen molar-refractivity contribution in [3.63, 3.8) is 0 Å². The Balaban J connectivity index is 2.85. The van der Waals surface area contributed by atoms with Crippen LogP contribution >= 0.6 is 0 Å². The third kappa shape index (κ3) is 1.92. The van der Waals surface area contributed by atoms with Crippen LogP contribution < -0.4 is 0 Å². The highest BCUT2D eigenvalue weighted by atomic mass is 19.4. The molecule has 1 unspecified atom stereocenters. The summed E-state index contributed by atoms with van der Waals surface area (Å²) in [4.78, 5) is 6.13. The van der Waals surface area contributed by atoms with Crippen LogP contribution in [-0.4, -0.2) is 11.2 Å². The average Bonchev–Trinajstić information content (AvgIpc) is 2.94. The predicted molar refractivity (Wildman–Crippen MR) is 60.7 cm³/mol. The topological polar surface area (TPSA) is 87.9 Å². The first-order valence-corrected chi connectivity index (χ1v) is 5.43. The van der Waals surface area contributed by atoms with Crippen LogP contribution in [0.4, 0.5) is 13.2 Å². The summed E-state index contributed by atoms with van der Waals surface area (Å²) in [5.41, 5.74) is 5.21. The molecule has 1 atom stereocenters. The standard InChI is InChI=1S/C11H9F3N4O2/c1-6-9(20-7(2)16-6)10(17-18-15,11(12,13)14)8-3-4-19-5-8/h3-5H,1-2H3. The maximum absolute atomic E-state index is 13.6. The van der Waals surface area contributed by atoms with Gasteiger partial charge in [0.15, 0.2) is 11.7 Å². The quantitative estimate of drug-likeness (QED) is 0.485. The Kier molecular flexibility index (Phi) is 3.23. The third-order valence-corrected chi connectivity index (χ3v) is 2.78. The maximum atomic E-state index is 13.6. The summed E-state index contributed by atoms with van der Waals surface area (Å²) in [6.07, 6.45) is -3.00. The number of alkyl halides is 3. The van der Waals surface area contributed by atoms with Crippen LogP contribution in [-0.2, 0) is 5.54 Å². The van der Waals surface area contributed by atoms with Crippen LogP contribution in [0.2, 0.25) is 0 Å². The summed E-state index contributed by atoms with van der Waals surface area (Å²) in [7, 11) is 0. The first-order chi connectivity index (χ1) is 9.33. The Labute approximate surface area is 110 Å². The minimum Gasteiger partial charge on any atom is -0.472 e. The molecule has 0 aliphatic heterocycles. The van der Waals surface area contributed by atoms with Crippen molar-refractivity contribution in [2.45, 2.75) is 25.6 Å². The molecule has 9 heteroatoms. The van der Waals surface area contributed by atoms with E-state index in [1.165, 1.54) is 13.8 Å². The molecule has 0 bridgehead atoms. The number of azide groups is 1. The number of furan rings is 1. The Morgan fingerprint density at radius 3 is 2.45 bits per heavy atom. The number of oxazole rings is 1. The highest BCUT2D eigenvalue weighted by Crippen LogP contribution is 2.49. The van der Waals surface area contributed by atoms with Gasteiger partial charge in [-0.25, -0.2) is 4.98 Å². The van der Waals surface area contributed by atoms with Crippen LogP contribution in [0.25, 0.3) is 10.4 Å². The second kappa shape index (κ2) is 4.61. The number of halogens is 3. The van der Waals surface area contributed by atoms with E-state index < -0.39 is 17.5 Å². The smallest absolute Gasteiger partial charge is 0.411 e. The lowest BCUT2D eigenvalue weighted by Gasteiger charge is -2.28. The molecule has 2 aromatic heterocycles. The van der Waals surface area contributed by atoms with Crippen molar-refractivity contribution in [3.05, 3.63) is 51.9 Å². The van der Waals surface area contributed by atoms with Gasteiger partial charge < -0.3 is 8.83 Å². The molecule has 6 nitrogen and oxygen atoms in total. The molecule has 20 heavy (non-hydrogen) atoms. The molecule has 0 N–H and O–H groups in total. The van der Waals surface area contributed by atoms with E-state index in [9.17, 15) is 13.2 Å². The zero-order valence-electron chi connectivity index (χ0n) is 10.5. The fraction of sp³-hybridized carbons (Fsp3) is 0.364. The number of aryl methyl sites for hydroxylation is 2. The molecule has 0 aliphatic rings. The predicted octanol–water partition coefficient (Wildman–Crippen LogP) is 4.00. The number of hydrogen-bond donors (Lipinski definition) is 0. The average molecular weight is 286 g/mol. The van der Waals surface area contributed by atoms with Gasteiger partial charge in [-0.05, 0) is 18.5 Å². The largest absolute Gasteiger partial charge is 0.472 e. The highest BCUT2D eigenvalue weighted by Gasteiger charge is 2.61. The summed E-state index contributed by atoms with van der Waals surface area (Å²) < 4.78 is 50.5. The molecule has 0 fully saturated rings. The van der Waals surface area contributed by atoms with Gasteiger partial charge in [-0.15, -0.1) is 0 Å². The Bertz CT molecular complexity index is 656. The van der Waals surface area contributed by atoms with E-state index in [2.05, 4.69) is 19.4 Å². The van der Waals surface area contributed by atoms with Gasteiger partial charge in [0, 0.05) is 17.4 Å². The Morgan fingerprint density at radius 1 is 1.35 bits per heavy atom. The van der Waals surface area contributed by atoms with Crippen LogP contribution in [0, 0.1) is 13.8 Å². The monoisotopic (exact) mass is 286 g/mol. The molecule has 0 spiro atoms. The first kappa shape index (κ1) is 14.0. The van der Waals surface area contributed by atoms with Crippen molar-refractivity contribution in [3.8, 4) is 0 Å². The van der Waals surface area contributed by atoms with Crippen LogP contribution in [0.15, 0.2) is 32.5 Å². The Morgan fingerprint density at radius 2 is 2.05 bits per heavy atom. The van der Waals surface area contributed by atoms with Gasteiger partial charge in [-0.3, -0.25) is 0 Å². The van der Waals surface area contributed by atoms with Crippen LogP contribution in [0.5, 0.6) is 0 Å². The van der Waals surface area contributed by atoms with E-state index in [4.69, 9.17) is 9.95 Å². The van der Waals surface area contributed by atoms with E-state index in [1.807, 2.05) is 0 Å². The highest BCUT2D eigenvalue weighted by molar-refractivity contribution is 5.36. The summed E-state index contributed by atoms with van der Waals surface area (Å²) in [5, 5.41) is 2.98. The zero-order chi connectivity index (χ0) is 15.0. The summed E-state index contributed by atoms with van der Waals surface area (Å²) in [6.45, 7) is 2.75. The lowest BCUT2D eigenvalue weighted by Crippen LogP contribution is -2.41. The van der Waals surface area contributed by atoms with Crippen molar-refractivity contribution < 1.29 is 22.0 Å². The summed E-state index contributed by atoms with van der Waals surface area (Å²) in [6, 6.07) is 1.07. The number of aromatic nitrogens is 1. The minimum atomic E-state index is -4.92. The fourth-order valence-electron chi connectivity index (χ4n) is 1.99. The van der Waals surface area contributed by atoms with Gasteiger partial charge in [0.25, 0.3) is 0 Å². The van der Waals surface area contributed by atoms with Crippen LogP contribution in [0.1, 0.15) is 22.9 Å². The van der Waals surface area contributed by atoms with Crippen molar-refractivity contribution in [1.29, 1.82) is 0 Å². The molecule has 2 aromatic rings. The lowest BCUT2D eigenvalue weighted by atomic mass is 9.88. The molecular weight excluding hydrogens is 277 g/mol. The number of nitrogens with zero attached hydrogens (tertiary/aromatic N) is 4. The molecule has 2 heterocycles. The van der Waals surface area contributed by atoms with Crippen molar-refractivity contribution in [2.24, 2.45) is 5.11 Å². The van der Waals surface area contributed by atoms with Gasteiger partial charge in [0.1, 0.15) is 0 Å². The zero-order valence-corrected chi connectivity index (χ0v) is 10.5. The van der Waals surface area contributed by atoms with E-state index >= 15 is 0 Å². The minimum absolute atomic E-state index is 0.00609. The van der Waals surface area contributed by atoms with Crippen LogP contribution in [0.3, 0.4) is 0 Å². The van der Waals surface area contributed by atoms with E-state index in [0.717, 1.165) is 18.6 Å². The SMILES string of the molecule is Cc1nc(C)c(C(N=[N+]=[N-])(c2ccoc2)C(F)(F)F)o1. The second-order valence-electron chi connectivity index (χ2n) is 4.06. The molecular formula is C11H9F3N4O2. The Hall–Kier alpha value is -2.41. The number of rotatable bonds is 3. The van der Waals surface area contributed by atoms with Crippen molar-refractivity contribution >= 4 is 0 Å². The first-order valence-electron chi connectivity index (χ1n) is 5.43.